The molecule has 2 aliphatic rings. The third kappa shape index (κ3) is 4.75. The van der Waals surface area contributed by atoms with Crippen molar-refractivity contribution in [3.05, 3.63) is 17.2 Å². The summed E-state index contributed by atoms with van der Waals surface area (Å²) in [5.41, 5.74) is 0. The van der Waals surface area contributed by atoms with Crippen LogP contribution >= 0.6 is 11.3 Å². The Morgan fingerprint density at radius 1 is 1.28 bits per heavy atom. The van der Waals surface area contributed by atoms with Gasteiger partial charge in [0.2, 0.25) is 22.0 Å². The number of amides is 2. The first-order chi connectivity index (χ1) is 11.8. The van der Waals surface area contributed by atoms with E-state index in [1.807, 2.05) is 0 Å². The monoisotopic (exact) mass is 375 g/mol. The van der Waals surface area contributed by atoms with Gasteiger partial charge in [-0.25, -0.2) is 0 Å². The molecule has 0 radical (unpaired) electrons. The van der Waals surface area contributed by atoms with Crippen LogP contribution in [0.2, 0.25) is 0 Å². The van der Waals surface area contributed by atoms with E-state index in [1.54, 1.807) is 6.08 Å². The first-order valence-corrected chi connectivity index (χ1v) is 8.58. The number of halogens is 3. The third-order valence-corrected chi connectivity index (χ3v) is 4.82. The van der Waals surface area contributed by atoms with E-state index in [-0.39, 0.29) is 40.4 Å². The highest BCUT2D eigenvalue weighted by atomic mass is 32.1. The topological polar surface area (TPSA) is 96.0 Å². The number of nitrogens with zero attached hydrogens (tertiary/aromatic N) is 2. The molecule has 2 atom stereocenters. The van der Waals surface area contributed by atoms with E-state index in [1.165, 1.54) is 6.08 Å². The summed E-state index contributed by atoms with van der Waals surface area (Å²) in [4.78, 5) is 23.8. The van der Waals surface area contributed by atoms with E-state index < -0.39 is 17.1 Å². The van der Waals surface area contributed by atoms with Crippen LogP contribution in [0.25, 0.3) is 0 Å². The number of alkyl halides is 3. The van der Waals surface area contributed by atoms with Gasteiger partial charge in [0, 0.05) is 6.08 Å². The Labute approximate surface area is 145 Å². The summed E-state index contributed by atoms with van der Waals surface area (Å²) in [6, 6.07) is -0.452. The molecular weight excluding hydrogens is 359 g/mol. The van der Waals surface area contributed by atoms with Crippen molar-refractivity contribution in [3.8, 4) is 0 Å². The van der Waals surface area contributed by atoms with Gasteiger partial charge >= 0.3 is 6.18 Å². The van der Waals surface area contributed by atoms with E-state index in [0.29, 0.717) is 0 Å². The molecule has 0 bridgehead atoms. The van der Waals surface area contributed by atoms with E-state index in [0.717, 1.165) is 25.8 Å². The first-order valence-electron chi connectivity index (χ1n) is 7.76. The average molecular weight is 375 g/mol. The molecule has 7 nitrogen and oxygen atoms in total. The van der Waals surface area contributed by atoms with Crippen LogP contribution in [-0.2, 0) is 15.8 Å². The highest BCUT2D eigenvalue weighted by molar-refractivity contribution is 7.15. The van der Waals surface area contributed by atoms with Crippen LogP contribution in [0.4, 0.5) is 18.3 Å². The molecule has 136 valence electrons. The summed E-state index contributed by atoms with van der Waals surface area (Å²) in [5, 5.41) is 13.1. The van der Waals surface area contributed by atoms with E-state index >= 15 is 0 Å². The molecule has 1 aromatic heterocycles. The van der Waals surface area contributed by atoms with Gasteiger partial charge in [-0.1, -0.05) is 17.4 Å². The zero-order valence-corrected chi connectivity index (χ0v) is 13.8. The molecule has 0 spiro atoms. The lowest BCUT2D eigenvalue weighted by Gasteiger charge is -2.28. The third-order valence-electron chi connectivity index (χ3n) is 3.93. The van der Waals surface area contributed by atoms with Crippen molar-refractivity contribution in [2.24, 2.45) is 5.92 Å². The average Bonchev–Trinajstić information content (AvgIpc) is 3.19. The van der Waals surface area contributed by atoms with Crippen LogP contribution in [0.5, 0.6) is 0 Å². The minimum atomic E-state index is -4.59. The molecule has 25 heavy (non-hydrogen) atoms. The van der Waals surface area contributed by atoms with Crippen molar-refractivity contribution in [2.45, 2.75) is 37.5 Å². The zero-order chi connectivity index (χ0) is 18.0. The SMILES string of the molecule is O=C(/C=C/[C@@H](NC(=O)[C@@H]1CCN1)C1CC1)Nc1nnc(C(F)(F)F)s1. The van der Waals surface area contributed by atoms with E-state index in [4.69, 9.17) is 0 Å². The van der Waals surface area contributed by atoms with Crippen molar-refractivity contribution < 1.29 is 22.8 Å². The van der Waals surface area contributed by atoms with Crippen LogP contribution < -0.4 is 16.0 Å². The molecule has 1 saturated carbocycles. The maximum atomic E-state index is 12.4. The minimum Gasteiger partial charge on any atom is -0.348 e. The van der Waals surface area contributed by atoms with Gasteiger partial charge in [0.15, 0.2) is 0 Å². The van der Waals surface area contributed by atoms with Crippen molar-refractivity contribution in [3.63, 3.8) is 0 Å². The van der Waals surface area contributed by atoms with Gasteiger partial charge in [-0.2, -0.15) is 13.2 Å². The predicted octanol–water partition coefficient (Wildman–Crippen LogP) is 1.31. The van der Waals surface area contributed by atoms with Gasteiger partial charge in [0.25, 0.3) is 0 Å². The molecule has 3 N–H and O–H groups in total. The number of nitrogens with one attached hydrogen (secondary N) is 3. The second-order valence-electron chi connectivity index (χ2n) is 5.93. The lowest BCUT2D eigenvalue weighted by molar-refractivity contribution is -0.138. The molecule has 1 saturated heterocycles. The molecule has 1 aliphatic heterocycles. The number of anilines is 1. The highest BCUT2D eigenvalue weighted by Gasteiger charge is 2.36. The van der Waals surface area contributed by atoms with Crippen LogP contribution in [0.15, 0.2) is 12.2 Å². The van der Waals surface area contributed by atoms with Crippen molar-refractivity contribution in [2.75, 3.05) is 11.9 Å². The Balaban J connectivity index is 1.54. The van der Waals surface area contributed by atoms with E-state index in [2.05, 4.69) is 26.1 Å². The molecular formula is C14H16F3N5O2S. The molecule has 3 rings (SSSR count). The highest BCUT2D eigenvalue weighted by Crippen LogP contribution is 2.34. The second-order valence-corrected chi connectivity index (χ2v) is 6.90. The lowest BCUT2D eigenvalue weighted by atomic mass is 10.1. The predicted molar refractivity (Wildman–Crippen MR) is 83.7 cm³/mol. The zero-order valence-electron chi connectivity index (χ0n) is 13.0. The Bertz CT molecular complexity index is 682. The Morgan fingerprint density at radius 3 is 2.52 bits per heavy atom. The van der Waals surface area contributed by atoms with Crippen molar-refractivity contribution in [1.82, 2.24) is 20.8 Å². The van der Waals surface area contributed by atoms with E-state index in [9.17, 15) is 22.8 Å². The largest absolute Gasteiger partial charge is 0.445 e. The number of rotatable bonds is 6. The quantitative estimate of drug-likeness (QED) is 0.652. The van der Waals surface area contributed by atoms with Gasteiger partial charge in [0.05, 0.1) is 12.1 Å². The fourth-order valence-electron chi connectivity index (χ4n) is 2.28. The van der Waals surface area contributed by atoms with Crippen LogP contribution in [0, 0.1) is 5.92 Å². The smallest absolute Gasteiger partial charge is 0.348 e. The summed E-state index contributed by atoms with van der Waals surface area (Å²) in [5.74, 6) is -0.440. The van der Waals surface area contributed by atoms with Crippen molar-refractivity contribution in [1.29, 1.82) is 0 Å². The number of carbonyl (C=O) groups excluding carboxylic acids is 2. The first kappa shape index (κ1) is 17.8. The van der Waals surface area contributed by atoms with Crippen molar-refractivity contribution >= 4 is 28.3 Å². The molecule has 2 heterocycles. The maximum Gasteiger partial charge on any atom is 0.445 e. The molecule has 0 unspecified atom stereocenters. The molecule has 0 aromatic carbocycles. The molecule has 1 aliphatic carbocycles. The van der Waals surface area contributed by atoms with Crippen LogP contribution in [-0.4, -0.2) is 40.6 Å². The van der Waals surface area contributed by atoms with Crippen LogP contribution in [0.1, 0.15) is 24.3 Å². The van der Waals surface area contributed by atoms with Gasteiger partial charge in [0.1, 0.15) is 0 Å². The van der Waals surface area contributed by atoms with Gasteiger partial charge in [-0.15, -0.1) is 10.2 Å². The standard InChI is InChI=1S/C14H16F3N5O2S/c15-14(16,17)12-21-22-13(25-12)20-10(23)4-3-8(7-1-2-7)19-11(24)9-5-6-18-9/h3-4,7-9,18H,1-2,5-6H2,(H,19,24)(H,20,22,23)/b4-3+/t8-,9+/m1/s1. The molecule has 2 fully saturated rings. The van der Waals surface area contributed by atoms with Gasteiger partial charge < -0.3 is 10.6 Å². The molecule has 2 amide bonds. The Kier molecular flexibility index (Phi) is 5.04. The van der Waals surface area contributed by atoms with Gasteiger partial charge in [-0.05, 0) is 31.7 Å². The molecule has 11 heteroatoms. The fourth-order valence-corrected chi connectivity index (χ4v) is 2.90. The summed E-state index contributed by atoms with van der Waals surface area (Å²) in [6.45, 7) is 0.812. The summed E-state index contributed by atoms with van der Waals surface area (Å²) >= 11 is 0.255. The fraction of sp³-hybridized carbons (Fsp3) is 0.571. The number of hydrogen-bond acceptors (Lipinski definition) is 6. The summed E-state index contributed by atoms with van der Waals surface area (Å²) < 4.78 is 37.3. The summed E-state index contributed by atoms with van der Waals surface area (Å²) in [7, 11) is 0. The van der Waals surface area contributed by atoms with Crippen LogP contribution in [0.3, 0.4) is 0 Å². The number of carbonyl (C=O) groups is 2. The number of aromatic nitrogens is 2. The lowest BCUT2D eigenvalue weighted by Crippen LogP contribution is -2.55. The molecule has 1 aromatic rings. The second kappa shape index (κ2) is 7.08. The Hall–Kier alpha value is -2.01. The minimum absolute atomic E-state index is 0.104. The maximum absolute atomic E-state index is 12.4. The summed E-state index contributed by atoms with van der Waals surface area (Å²) in [6.07, 6.45) is 0.876. The normalized spacial score (nSPS) is 21.6. The Morgan fingerprint density at radius 2 is 2.00 bits per heavy atom. The van der Waals surface area contributed by atoms with Gasteiger partial charge in [-0.3, -0.25) is 14.9 Å². The number of hydrogen-bond donors (Lipinski definition) is 3.